The Morgan fingerprint density at radius 1 is 0.232 bits per heavy atom. The zero-order valence-corrected chi connectivity index (χ0v) is 36.9. The maximum atomic E-state index is 5.37. The third-order valence-electron chi connectivity index (χ3n) is 13.2. The fourth-order valence-corrected chi connectivity index (χ4v) is 10.1. The molecule has 5 heterocycles. The van der Waals surface area contributed by atoms with Gasteiger partial charge in [0.15, 0.2) is 23.3 Å². The monoisotopic (exact) mass is 883 g/mol. The highest BCUT2D eigenvalue weighted by Crippen LogP contribution is 2.43. The largest absolute Gasteiger partial charge is 0.309 e. The van der Waals surface area contributed by atoms with Crippen molar-refractivity contribution in [3.8, 4) is 63.1 Å². The van der Waals surface area contributed by atoms with Gasteiger partial charge in [0.2, 0.25) is 11.9 Å². The molecule has 0 fully saturated rings. The van der Waals surface area contributed by atoms with Crippen LogP contribution >= 0.6 is 0 Å². The molecule has 0 radical (unpaired) electrons. The topological polar surface area (TPSA) is 92.1 Å². The third-order valence-corrected chi connectivity index (χ3v) is 13.2. The van der Waals surface area contributed by atoms with E-state index in [9.17, 15) is 0 Å². The van der Waals surface area contributed by atoms with E-state index in [-0.39, 0.29) is 0 Å². The van der Waals surface area contributed by atoms with Crippen LogP contribution in [0, 0.1) is 0 Å². The van der Waals surface area contributed by atoms with Crippen LogP contribution in [0.2, 0.25) is 0 Å². The van der Waals surface area contributed by atoms with Crippen LogP contribution in [0.5, 0.6) is 0 Å². The summed E-state index contributed by atoms with van der Waals surface area (Å²) < 4.78 is 6.71. The molecule has 322 valence electrons. The van der Waals surface area contributed by atoms with E-state index >= 15 is 0 Å². The highest BCUT2D eigenvalue weighted by molar-refractivity contribution is 6.29. The van der Waals surface area contributed by atoms with Gasteiger partial charge in [-0.25, -0.2) is 9.97 Å². The summed E-state index contributed by atoms with van der Waals surface area (Å²) in [5.74, 6) is 3.37. The van der Waals surface area contributed by atoms with E-state index in [0.29, 0.717) is 35.2 Å². The van der Waals surface area contributed by atoms with Gasteiger partial charge in [-0.2, -0.15) is 19.9 Å². The van der Waals surface area contributed by atoms with Gasteiger partial charge in [-0.1, -0.05) is 164 Å². The Labute approximate surface area is 394 Å². The van der Waals surface area contributed by atoms with Crippen molar-refractivity contribution in [1.29, 1.82) is 0 Å². The van der Waals surface area contributed by atoms with Gasteiger partial charge in [-0.3, -0.25) is 9.13 Å². The predicted molar refractivity (Wildman–Crippen MR) is 278 cm³/mol. The van der Waals surface area contributed by atoms with E-state index in [4.69, 9.17) is 29.9 Å². The Balaban J connectivity index is 1.09. The zero-order chi connectivity index (χ0) is 45.4. The smallest absolute Gasteiger partial charge is 0.238 e. The number of nitrogens with zero attached hydrogens (tertiary/aromatic N) is 9. The fraction of sp³-hybridized carbons (Fsp3) is 0. The molecule has 9 aromatic carbocycles. The summed E-state index contributed by atoms with van der Waals surface area (Å²) in [6.07, 6.45) is 0. The molecular formula is C60H37N9. The molecule has 9 heteroatoms. The first kappa shape index (κ1) is 38.6. The zero-order valence-electron chi connectivity index (χ0n) is 36.9. The van der Waals surface area contributed by atoms with Crippen LogP contribution in [0.4, 0.5) is 0 Å². The number of hydrogen-bond donors (Lipinski definition) is 0. The van der Waals surface area contributed by atoms with Gasteiger partial charge in [-0.15, -0.1) is 0 Å². The summed E-state index contributed by atoms with van der Waals surface area (Å²) in [5, 5.41) is 6.60. The maximum Gasteiger partial charge on any atom is 0.238 e. The first-order valence-corrected chi connectivity index (χ1v) is 23.0. The van der Waals surface area contributed by atoms with Gasteiger partial charge in [-0.05, 0) is 60.7 Å². The molecule has 0 aliphatic heterocycles. The quantitative estimate of drug-likeness (QED) is 0.158. The molecule has 0 atom stereocenters. The molecule has 0 saturated carbocycles. The molecule has 0 bridgehead atoms. The Morgan fingerprint density at radius 3 is 1.09 bits per heavy atom. The van der Waals surface area contributed by atoms with Crippen LogP contribution in [0.15, 0.2) is 224 Å². The van der Waals surface area contributed by atoms with Crippen LogP contribution in [-0.2, 0) is 0 Å². The number of aromatic nitrogens is 9. The molecule has 5 aromatic heterocycles. The number of fused-ring (bicyclic) bond motifs is 10. The molecular weight excluding hydrogens is 847 g/mol. The molecule has 0 unspecified atom stereocenters. The third kappa shape index (κ3) is 6.18. The lowest BCUT2D eigenvalue weighted by molar-refractivity contribution is 0.952. The average molecular weight is 884 g/mol. The second kappa shape index (κ2) is 15.5. The van der Waals surface area contributed by atoms with E-state index in [1.165, 1.54) is 0 Å². The Kier molecular flexibility index (Phi) is 8.68. The summed E-state index contributed by atoms with van der Waals surface area (Å²) >= 11 is 0. The van der Waals surface area contributed by atoms with E-state index in [1.54, 1.807) is 0 Å². The molecule has 69 heavy (non-hydrogen) atoms. The SMILES string of the molecule is c1ccc(-c2nc(-c3ccc4c(c3)c3c5c6ccccc6n(-c6ccccc6)c5ccc3n4-c3nc(-c4ccccc4)nc(-c4ccccc4)n3)nc(-n3c4ccccc4c4ccccc43)n2)cc1. The van der Waals surface area contributed by atoms with Gasteiger partial charge in [0.25, 0.3) is 0 Å². The molecule has 14 rings (SSSR count). The van der Waals surface area contributed by atoms with E-state index in [2.05, 4.69) is 147 Å². The summed E-state index contributed by atoms with van der Waals surface area (Å²) in [4.78, 5) is 31.5. The molecule has 9 nitrogen and oxygen atoms in total. The van der Waals surface area contributed by atoms with Gasteiger partial charge >= 0.3 is 0 Å². The number of rotatable bonds is 7. The lowest BCUT2D eigenvalue weighted by Crippen LogP contribution is -2.07. The van der Waals surface area contributed by atoms with Crippen LogP contribution in [0.1, 0.15) is 0 Å². The minimum Gasteiger partial charge on any atom is -0.309 e. The number of para-hydroxylation sites is 4. The van der Waals surface area contributed by atoms with E-state index in [1.807, 2.05) is 91.0 Å². The second-order valence-electron chi connectivity index (χ2n) is 17.1. The molecule has 0 saturated heterocycles. The average Bonchev–Trinajstić information content (AvgIpc) is 4.07. The van der Waals surface area contributed by atoms with Crippen molar-refractivity contribution in [3.63, 3.8) is 0 Å². The number of benzene rings is 9. The summed E-state index contributed by atoms with van der Waals surface area (Å²) in [6.45, 7) is 0. The van der Waals surface area contributed by atoms with Crippen LogP contribution in [-0.4, -0.2) is 43.6 Å². The fourth-order valence-electron chi connectivity index (χ4n) is 10.1. The van der Waals surface area contributed by atoms with Gasteiger partial charge < -0.3 is 4.57 Å². The van der Waals surface area contributed by atoms with Crippen molar-refractivity contribution in [2.45, 2.75) is 0 Å². The normalized spacial score (nSPS) is 11.8. The lowest BCUT2D eigenvalue weighted by atomic mass is 10.0. The first-order chi connectivity index (χ1) is 34.2. The minimum absolute atomic E-state index is 0.516. The molecule has 0 aliphatic rings. The van der Waals surface area contributed by atoms with Crippen molar-refractivity contribution in [2.24, 2.45) is 0 Å². The molecule has 14 aromatic rings. The summed E-state index contributed by atoms with van der Waals surface area (Å²) in [6, 6.07) is 77.4. The van der Waals surface area contributed by atoms with Gasteiger partial charge in [0.05, 0.1) is 33.1 Å². The molecule has 0 N–H and O–H groups in total. The Hall–Kier alpha value is -9.60. The highest BCUT2D eigenvalue weighted by atomic mass is 15.2. The summed E-state index contributed by atoms with van der Waals surface area (Å²) in [7, 11) is 0. The summed E-state index contributed by atoms with van der Waals surface area (Å²) in [5.41, 5.74) is 10.8. The molecule has 0 spiro atoms. The van der Waals surface area contributed by atoms with E-state index in [0.717, 1.165) is 93.4 Å². The van der Waals surface area contributed by atoms with Crippen molar-refractivity contribution in [3.05, 3.63) is 224 Å². The van der Waals surface area contributed by atoms with Crippen LogP contribution in [0.3, 0.4) is 0 Å². The second-order valence-corrected chi connectivity index (χ2v) is 17.1. The van der Waals surface area contributed by atoms with Crippen molar-refractivity contribution < 1.29 is 0 Å². The maximum absolute atomic E-state index is 5.37. The molecule has 0 amide bonds. The minimum atomic E-state index is 0.516. The Morgan fingerprint density at radius 2 is 0.580 bits per heavy atom. The standard InChI is InChI=1S/C60H37N9/c1-5-19-38(20-6-1)55-61-56(39-21-7-2-8-22-39)65-60(64-55)69-50-34-33-41(37-46(50)54-52(69)36-35-51-53(54)45-29-15-18-32-49(45)67(51)42-25-11-4-12-26-42)58-62-57(40-23-9-3-10-24-40)63-59(66-58)68-47-30-16-13-27-43(47)44-28-14-17-31-48(44)68/h1-37H. The Bertz CT molecular complexity index is 4180. The van der Waals surface area contributed by atoms with Crippen LogP contribution < -0.4 is 0 Å². The first-order valence-electron chi connectivity index (χ1n) is 23.0. The van der Waals surface area contributed by atoms with Crippen molar-refractivity contribution >= 4 is 65.4 Å². The highest BCUT2D eigenvalue weighted by Gasteiger charge is 2.24. The predicted octanol–water partition coefficient (Wildman–Crippen LogP) is 14.0. The number of hydrogen-bond acceptors (Lipinski definition) is 6. The van der Waals surface area contributed by atoms with Gasteiger partial charge in [0, 0.05) is 60.3 Å². The molecule has 0 aliphatic carbocycles. The van der Waals surface area contributed by atoms with Crippen LogP contribution in [0.25, 0.3) is 129 Å². The van der Waals surface area contributed by atoms with Gasteiger partial charge in [0.1, 0.15) is 0 Å². The van der Waals surface area contributed by atoms with E-state index < -0.39 is 0 Å². The van der Waals surface area contributed by atoms with Crippen molar-refractivity contribution in [1.82, 2.24) is 43.6 Å². The van der Waals surface area contributed by atoms with Crippen molar-refractivity contribution in [2.75, 3.05) is 0 Å². The lowest BCUT2D eigenvalue weighted by Gasteiger charge is -2.12.